The number of aliphatic hydroxyl groups is 3. The van der Waals surface area contributed by atoms with Crippen LogP contribution in [0.5, 0.6) is 0 Å². The van der Waals surface area contributed by atoms with Crippen LogP contribution in [0.3, 0.4) is 0 Å². The first-order valence-corrected chi connectivity index (χ1v) is 21.0. The second-order valence-corrected chi connectivity index (χ2v) is 14.6. The Hall–Kier alpha value is -0.910. The molecule has 47 heavy (non-hydrogen) atoms. The number of carbonyl (C=O) groups excluding carboxylic acids is 1. The Labute approximate surface area is 293 Å². The second kappa shape index (κ2) is 37.9. The SMILES string of the molecule is CCCCCCCCCCCCCC/C=C\CCCCCCCCC(O)CC(=O)NC(CO)C(O)CCCCCCCCCCCC. The van der Waals surface area contributed by atoms with Crippen molar-refractivity contribution in [3.8, 4) is 0 Å². The van der Waals surface area contributed by atoms with Gasteiger partial charge < -0.3 is 20.6 Å². The lowest BCUT2D eigenvalue weighted by molar-refractivity contribution is -0.125. The number of allylic oxidation sites excluding steroid dienone is 2. The highest BCUT2D eigenvalue weighted by Gasteiger charge is 2.21. The lowest BCUT2D eigenvalue weighted by Gasteiger charge is -2.23. The van der Waals surface area contributed by atoms with Gasteiger partial charge in [0, 0.05) is 0 Å². The van der Waals surface area contributed by atoms with Crippen LogP contribution >= 0.6 is 0 Å². The topological polar surface area (TPSA) is 89.8 Å². The summed E-state index contributed by atoms with van der Waals surface area (Å²) in [5, 5.41) is 33.2. The van der Waals surface area contributed by atoms with Crippen molar-refractivity contribution in [1.29, 1.82) is 0 Å². The molecule has 0 aromatic rings. The fourth-order valence-electron chi connectivity index (χ4n) is 6.58. The van der Waals surface area contributed by atoms with Gasteiger partial charge in [0.15, 0.2) is 0 Å². The van der Waals surface area contributed by atoms with E-state index in [1.165, 1.54) is 167 Å². The Morgan fingerprint density at radius 2 is 0.851 bits per heavy atom. The van der Waals surface area contributed by atoms with Gasteiger partial charge in [-0.2, -0.15) is 0 Å². The molecule has 1 amide bonds. The molecule has 0 saturated carbocycles. The van der Waals surface area contributed by atoms with Crippen LogP contribution in [-0.2, 0) is 4.79 Å². The summed E-state index contributed by atoms with van der Waals surface area (Å²) in [6, 6.07) is -0.655. The minimum Gasteiger partial charge on any atom is -0.394 e. The molecule has 5 heteroatoms. The maximum Gasteiger partial charge on any atom is 0.222 e. The van der Waals surface area contributed by atoms with E-state index >= 15 is 0 Å². The number of unbranched alkanes of at least 4 members (excludes halogenated alkanes) is 27. The van der Waals surface area contributed by atoms with Crippen molar-refractivity contribution in [3.63, 3.8) is 0 Å². The van der Waals surface area contributed by atoms with Gasteiger partial charge in [-0.25, -0.2) is 0 Å². The van der Waals surface area contributed by atoms with Crippen LogP contribution in [0.1, 0.15) is 226 Å². The highest BCUT2D eigenvalue weighted by atomic mass is 16.3. The third-order valence-electron chi connectivity index (χ3n) is 9.83. The summed E-state index contributed by atoms with van der Waals surface area (Å²) >= 11 is 0. The summed E-state index contributed by atoms with van der Waals surface area (Å²) in [6.07, 6.45) is 43.2. The van der Waals surface area contributed by atoms with Crippen LogP contribution in [0.2, 0.25) is 0 Å². The molecule has 3 unspecified atom stereocenters. The molecule has 5 nitrogen and oxygen atoms in total. The Bertz CT molecular complexity index is 655. The predicted octanol–water partition coefficient (Wildman–Crippen LogP) is 11.7. The number of rotatable bonds is 38. The van der Waals surface area contributed by atoms with Crippen LogP contribution in [-0.4, -0.2) is 46.1 Å². The quantitative estimate of drug-likeness (QED) is 0.0390. The molecule has 0 rings (SSSR count). The largest absolute Gasteiger partial charge is 0.394 e. The average molecular weight is 666 g/mol. The van der Waals surface area contributed by atoms with E-state index in [-0.39, 0.29) is 18.9 Å². The van der Waals surface area contributed by atoms with E-state index in [1.54, 1.807) is 0 Å². The van der Waals surface area contributed by atoms with Crippen molar-refractivity contribution < 1.29 is 20.1 Å². The molecule has 0 aliphatic heterocycles. The van der Waals surface area contributed by atoms with Gasteiger partial charge in [0.25, 0.3) is 0 Å². The van der Waals surface area contributed by atoms with E-state index in [1.807, 2.05) is 0 Å². The van der Waals surface area contributed by atoms with Crippen molar-refractivity contribution in [3.05, 3.63) is 12.2 Å². The first-order chi connectivity index (χ1) is 23.0. The molecular formula is C42H83NO4. The van der Waals surface area contributed by atoms with Crippen LogP contribution in [0, 0.1) is 0 Å². The lowest BCUT2D eigenvalue weighted by atomic mass is 10.0. The minimum absolute atomic E-state index is 0.0348. The maximum absolute atomic E-state index is 12.4. The monoisotopic (exact) mass is 666 g/mol. The van der Waals surface area contributed by atoms with Gasteiger partial charge in [0.1, 0.15) is 0 Å². The molecule has 0 fully saturated rings. The van der Waals surface area contributed by atoms with E-state index < -0.39 is 18.2 Å². The fraction of sp³-hybridized carbons (Fsp3) is 0.929. The van der Waals surface area contributed by atoms with Gasteiger partial charge in [0.2, 0.25) is 5.91 Å². The number of hydrogen-bond donors (Lipinski definition) is 4. The van der Waals surface area contributed by atoms with Crippen molar-refractivity contribution in [2.75, 3.05) is 6.61 Å². The van der Waals surface area contributed by atoms with Gasteiger partial charge in [-0.3, -0.25) is 4.79 Å². The molecule has 0 heterocycles. The van der Waals surface area contributed by atoms with E-state index in [0.717, 1.165) is 25.7 Å². The first kappa shape index (κ1) is 46.1. The predicted molar refractivity (Wildman–Crippen MR) is 204 cm³/mol. The zero-order chi connectivity index (χ0) is 34.5. The molecule has 0 aliphatic rings. The van der Waals surface area contributed by atoms with Gasteiger partial charge in [-0.15, -0.1) is 0 Å². The molecule has 280 valence electrons. The minimum atomic E-state index is -0.746. The Balaban J connectivity index is 3.58. The third-order valence-corrected chi connectivity index (χ3v) is 9.83. The Kier molecular flexibility index (Phi) is 37.2. The van der Waals surface area contributed by atoms with Crippen molar-refractivity contribution in [2.45, 2.75) is 244 Å². The first-order valence-electron chi connectivity index (χ1n) is 21.0. The maximum atomic E-state index is 12.4. The summed E-state index contributed by atoms with van der Waals surface area (Å²) in [7, 11) is 0. The van der Waals surface area contributed by atoms with Crippen LogP contribution in [0.25, 0.3) is 0 Å². The molecular weight excluding hydrogens is 582 g/mol. The Morgan fingerprint density at radius 3 is 1.23 bits per heavy atom. The molecule has 0 aliphatic carbocycles. The molecule has 3 atom stereocenters. The molecule has 0 aromatic heterocycles. The summed E-state index contributed by atoms with van der Waals surface area (Å²) in [5.74, 6) is -0.287. The highest BCUT2D eigenvalue weighted by Crippen LogP contribution is 2.16. The van der Waals surface area contributed by atoms with Crippen molar-refractivity contribution in [2.24, 2.45) is 0 Å². The van der Waals surface area contributed by atoms with Gasteiger partial charge in [-0.05, 0) is 38.5 Å². The average Bonchev–Trinajstić information content (AvgIpc) is 3.06. The van der Waals surface area contributed by atoms with Gasteiger partial charge in [-0.1, -0.05) is 193 Å². The molecule has 0 saturated heterocycles. The molecule has 0 spiro atoms. The normalized spacial score (nSPS) is 13.7. The van der Waals surface area contributed by atoms with Crippen molar-refractivity contribution in [1.82, 2.24) is 5.32 Å². The highest BCUT2D eigenvalue weighted by molar-refractivity contribution is 5.76. The fourth-order valence-corrected chi connectivity index (χ4v) is 6.58. The summed E-state index contributed by atoms with van der Waals surface area (Å²) < 4.78 is 0. The zero-order valence-corrected chi connectivity index (χ0v) is 31.7. The molecule has 0 radical (unpaired) electrons. The summed E-state index contributed by atoms with van der Waals surface area (Å²) in [6.45, 7) is 4.25. The number of aliphatic hydroxyl groups excluding tert-OH is 3. The third kappa shape index (κ3) is 34.7. The van der Waals surface area contributed by atoms with Crippen molar-refractivity contribution >= 4 is 5.91 Å². The van der Waals surface area contributed by atoms with Gasteiger partial charge in [0.05, 0.1) is 31.3 Å². The van der Waals surface area contributed by atoms with Crippen LogP contribution in [0.4, 0.5) is 0 Å². The smallest absolute Gasteiger partial charge is 0.222 e. The molecule has 0 aromatic carbocycles. The van der Waals surface area contributed by atoms with E-state index in [9.17, 15) is 20.1 Å². The summed E-state index contributed by atoms with van der Waals surface area (Å²) in [5.41, 5.74) is 0. The Morgan fingerprint density at radius 1 is 0.511 bits per heavy atom. The second-order valence-electron chi connectivity index (χ2n) is 14.6. The molecule has 0 bridgehead atoms. The number of nitrogens with one attached hydrogen (secondary N) is 1. The standard InChI is InChI=1S/C42H83NO4/c1-3-5-7-9-11-13-15-16-17-18-19-20-21-22-23-24-25-26-27-29-31-33-35-39(45)37-42(47)43-40(38-44)41(46)36-34-32-30-28-14-12-10-8-6-4-2/h22-23,39-41,44-46H,3-21,24-38H2,1-2H3,(H,43,47)/b23-22-. The van der Waals surface area contributed by atoms with E-state index in [2.05, 4.69) is 31.3 Å². The number of hydrogen-bond acceptors (Lipinski definition) is 4. The van der Waals surface area contributed by atoms with Gasteiger partial charge >= 0.3 is 0 Å². The van der Waals surface area contributed by atoms with E-state index in [4.69, 9.17) is 0 Å². The van der Waals surface area contributed by atoms with Crippen LogP contribution < -0.4 is 5.32 Å². The molecule has 4 N–H and O–H groups in total. The number of amides is 1. The van der Waals surface area contributed by atoms with E-state index in [0.29, 0.717) is 12.8 Å². The number of carbonyl (C=O) groups is 1. The van der Waals surface area contributed by atoms with Crippen LogP contribution in [0.15, 0.2) is 12.2 Å². The summed E-state index contributed by atoms with van der Waals surface area (Å²) in [4.78, 5) is 12.4. The zero-order valence-electron chi connectivity index (χ0n) is 31.7. The lowest BCUT2D eigenvalue weighted by Crippen LogP contribution is -2.46.